The lowest BCUT2D eigenvalue weighted by Crippen LogP contribution is -1.95. The zero-order valence-electron chi connectivity index (χ0n) is 22.3. The quantitative estimate of drug-likeness (QED) is 0.225. The molecule has 7 rings (SSSR count). The van der Waals surface area contributed by atoms with E-state index in [0.29, 0.717) is 5.82 Å². The van der Waals surface area contributed by atoms with Crippen molar-refractivity contribution in [1.29, 1.82) is 0 Å². The van der Waals surface area contributed by atoms with Gasteiger partial charge < -0.3 is 0 Å². The smallest absolute Gasteiger partial charge is 0.159 e. The highest BCUT2D eigenvalue weighted by molar-refractivity contribution is 5.85. The first-order valence-corrected chi connectivity index (χ1v) is 13.3. The van der Waals surface area contributed by atoms with Crippen LogP contribution in [-0.2, 0) is 0 Å². The first-order chi connectivity index (χ1) is 20.8. The lowest BCUT2D eigenvalue weighted by atomic mass is 9.97. The average Bonchev–Trinajstić information content (AvgIpc) is 3.09. The van der Waals surface area contributed by atoms with Crippen LogP contribution in [0.5, 0.6) is 0 Å². The number of aromatic nitrogens is 8. The summed E-state index contributed by atoms with van der Waals surface area (Å²) in [4.78, 5) is 35.8. The highest BCUT2D eigenvalue weighted by Crippen LogP contribution is 2.34. The Morgan fingerprint density at radius 3 is 1.33 bits per heavy atom. The van der Waals surface area contributed by atoms with Gasteiger partial charge in [-0.3, -0.25) is 29.9 Å². The molecular formula is C34H22N8. The molecule has 0 aliphatic carbocycles. The topological polar surface area (TPSA) is 103 Å². The maximum absolute atomic E-state index is 4.78. The molecular weight excluding hydrogens is 520 g/mol. The molecule has 0 bridgehead atoms. The fourth-order valence-electron chi connectivity index (χ4n) is 4.86. The molecule has 0 atom stereocenters. The molecule has 7 aromatic rings. The van der Waals surface area contributed by atoms with Crippen LogP contribution in [0.2, 0.25) is 0 Å². The molecule has 198 valence electrons. The number of rotatable bonds is 6. The SMILES string of the molecule is c1cncc(-c2cncc(-c3cnccc3-c3cnc(-c4ccncc4-c4cncc(-c5cccnc5)c4)nc3)c2)c1. The summed E-state index contributed by atoms with van der Waals surface area (Å²) < 4.78 is 0. The summed E-state index contributed by atoms with van der Waals surface area (Å²) >= 11 is 0. The first kappa shape index (κ1) is 25.0. The van der Waals surface area contributed by atoms with Crippen molar-refractivity contribution in [3.63, 3.8) is 0 Å². The lowest BCUT2D eigenvalue weighted by molar-refractivity contribution is 1.17. The van der Waals surface area contributed by atoms with Crippen molar-refractivity contribution < 1.29 is 0 Å². The maximum Gasteiger partial charge on any atom is 0.159 e. The summed E-state index contributed by atoms with van der Waals surface area (Å²) in [6.07, 6.45) is 25.4. The predicted octanol–water partition coefficient (Wildman–Crippen LogP) is 6.85. The second-order valence-corrected chi connectivity index (χ2v) is 9.55. The number of pyridine rings is 6. The second kappa shape index (κ2) is 11.2. The highest BCUT2D eigenvalue weighted by atomic mass is 14.9. The Balaban J connectivity index is 1.23. The molecule has 0 unspecified atom stereocenters. The van der Waals surface area contributed by atoms with Gasteiger partial charge >= 0.3 is 0 Å². The average molecular weight is 543 g/mol. The van der Waals surface area contributed by atoms with Gasteiger partial charge in [0.05, 0.1) is 0 Å². The predicted molar refractivity (Wildman–Crippen MR) is 161 cm³/mol. The summed E-state index contributed by atoms with van der Waals surface area (Å²) in [7, 11) is 0. The van der Waals surface area contributed by atoms with E-state index in [4.69, 9.17) is 9.97 Å². The lowest BCUT2D eigenvalue weighted by Gasteiger charge is -2.12. The Kier molecular flexibility index (Phi) is 6.68. The van der Waals surface area contributed by atoms with Crippen LogP contribution in [0.15, 0.2) is 135 Å². The molecule has 0 fully saturated rings. The van der Waals surface area contributed by atoms with E-state index >= 15 is 0 Å². The molecule has 42 heavy (non-hydrogen) atoms. The highest BCUT2D eigenvalue weighted by Gasteiger charge is 2.14. The molecule has 0 N–H and O–H groups in total. The van der Waals surface area contributed by atoms with E-state index < -0.39 is 0 Å². The molecule has 0 aliphatic heterocycles. The van der Waals surface area contributed by atoms with Gasteiger partial charge in [0.2, 0.25) is 0 Å². The second-order valence-electron chi connectivity index (χ2n) is 9.55. The van der Waals surface area contributed by atoms with Crippen LogP contribution >= 0.6 is 0 Å². The van der Waals surface area contributed by atoms with Gasteiger partial charge in [-0.1, -0.05) is 12.1 Å². The largest absolute Gasteiger partial charge is 0.264 e. The van der Waals surface area contributed by atoms with E-state index in [1.165, 1.54) is 0 Å². The Bertz CT molecular complexity index is 1830. The fraction of sp³-hybridized carbons (Fsp3) is 0. The zero-order chi connectivity index (χ0) is 28.1. The molecule has 7 heterocycles. The third-order valence-corrected chi connectivity index (χ3v) is 6.93. The zero-order valence-corrected chi connectivity index (χ0v) is 22.3. The fourth-order valence-corrected chi connectivity index (χ4v) is 4.86. The molecule has 8 nitrogen and oxygen atoms in total. The van der Waals surface area contributed by atoms with Gasteiger partial charge in [-0.2, -0.15) is 0 Å². The Hall–Kier alpha value is -6.02. The van der Waals surface area contributed by atoms with Crippen LogP contribution in [0.25, 0.3) is 67.0 Å². The monoisotopic (exact) mass is 542 g/mol. The number of hydrogen-bond donors (Lipinski definition) is 0. The van der Waals surface area contributed by atoms with E-state index in [0.717, 1.165) is 61.2 Å². The van der Waals surface area contributed by atoms with Gasteiger partial charge in [0.25, 0.3) is 0 Å². The Labute approximate surface area is 242 Å². The minimum absolute atomic E-state index is 0.596. The summed E-state index contributed by atoms with van der Waals surface area (Å²) in [6, 6.07) is 15.9. The Morgan fingerprint density at radius 1 is 0.310 bits per heavy atom. The molecule has 0 aliphatic rings. The maximum atomic E-state index is 4.78. The van der Waals surface area contributed by atoms with Crippen LogP contribution in [0.4, 0.5) is 0 Å². The van der Waals surface area contributed by atoms with E-state index in [9.17, 15) is 0 Å². The molecule has 0 spiro atoms. The minimum Gasteiger partial charge on any atom is -0.264 e. The third-order valence-electron chi connectivity index (χ3n) is 6.93. The van der Waals surface area contributed by atoms with Crippen molar-refractivity contribution in [3.05, 3.63) is 135 Å². The molecule has 0 saturated carbocycles. The van der Waals surface area contributed by atoms with E-state index in [1.807, 2.05) is 98.4 Å². The molecule has 0 aromatic carbocycles. The summed E-state index contributed by atoms with van der Waals surface area (Å²) in [6.45, 7) is 0. The van der Waals surface area contributed by atoms with E-state index in [2.05, 4.69) is 42.0 Å². The molecule has 0 radical (unpaired) electrons. The van der Waals surface area contributed by atoms with Crippen molar-refractivity contribution in [2.24, 2.45) is 0 Å². The van der Waals surface area contributed by atoms with Gasteiger partial charge in [0.1, 0.15) is 0 Å². The van der Waals surface area contributed by atoms with Crippen LogP contribution in [0.3, 0.4) is 0 Å². The molecule has 7 aromatic heterocycles. The summed E-state index contributed by atoms with van der Waals surface area (Å²) in [5, 5.41) is 0. The van der Waals surface area contributed by atoms with Gasteiger partial charge in [0.15, 0.2) is 5.82 Å². The van der Waals surface area contributed by atoms with Gasteiger partial charge in [-0.25, -0.2) is 9.97 Å². The van der Waals surface area contributed by atoms with Gasteiger partial charge in [0, 0.05) is 142 Å². The van der Waals surface area contributed by atoms with Crippen molar-refractivity contribution in [1.82, 2.24) is 39.9 Å². The molecule has 0 amide bonds. The summed E-state index contributed by atoms with van der Waals surface area (Å²) in [5.74, 6) is 0.596. The van der Waals surface area contributed by atoms with Crippen LogP contribution in [0, 0.1) is 0 Å². The van der Waals surface area contributed by atoms with Crippen LogP contribution in [-0.4, -0.2) is 39.9 Å². The van der Waals surface area contributed by atoms with Crippen molar-refractivity contribution in [3.8, 4) is 67.0 Å². The number of hydrogen-bond acceptors (Lipinski definition) is 8. The van der Waals surface area contributed by atoms with Crippen molar-refractivity contribution in [2.45, 2.75) is 0 Å². The minimum atomic E-state index is 0.596. The van der Waals surface area contributed by atoms with Crippen LogP contribution < -0.4 is 0 Å². The van der Waals surface area contributed by atoms with Gasteiger partial charge in [-0.05, 0) is 42.0 Å². The Morgan fingerprint density at radius 2 is 0.786 bits per heavy atom. The summed E-state index contributed by atoms with van der Waals surface area (Å²) in [5.41, 5.74) is 10.3. The third kappa shape index (κ3) is 5.00. The molecule has 8 heteroatoms. The number of nitrogens with zero attached hydrogens (tertiary/aromatic N) is 8. The standard InChI is InChI=1S/C34H22N8/c1-3-23(13-35-7-1)25-11-27(17-39-15-25)32-21-37-9-5-30(32)29-19-41-34(42-20-29)31-6-10-38-22-33(31)28-12-26(16-40-18-28)24-4-2-8-36-14-24/h1-22H. The van der Waals surface area contributed by atoms with Gasteiger partial charge in [-0.15, -0.1) is 0 Å². The molecule has 0 saturated heterocycles. The van der Waals surface area contributed by atoms with Crippen molar-refractivity contribution in [2.75, 3.05) is 0 Å². The first-order valence-electron chi connectivity index (χ1n) is 13.3. The van der Waals surface area contributed by atoms with Crippen LogP contribution in [0.1, 0.15) is 0 Å². The van der Waals surface area contributed by atoms with E-state index in [-0.39, 0.29) is 0 Å². The normalized spacial score (nSPS) is 10.9. The van der Waals surface area contributed by atoms with E-state index in [1.54, 1.807) is 24.8 Å². The van der Waals surface area contributed by atoms with Crippen molar-refractivity contribution >= 4 is 0 Å².